The van der Waals surface area contributed by atoms with Crippen molar-refractivity contribution in [3.8, 4) is 0 Å². The third-order valence-corrected chi connectivity index (χ3v) is 6.14. The maximum absolute atomic E-state index is 5.42. The maximum atomic E-state index is 5.42. The van der Waals surface area contributed by atoms with Crippen LogP contribution in [0.3, 0.4) is 0 Å². The van der Waals surface area contributed by atoms with Crippen molar-refractivity contribution in [3.05, 3.63) is 23.8 Å². The van der Waals surface area contributed by atoms with Crippen molar-refractivity contribution in [2.45, 2.75) is 57.7 Å². The summed E-state index contributed by atoms with van der Waals surface area (Å²) in [6, 6.07) is 0.616. The summed E-state index contributed by atoms with van der Waals surface area (Å²) < 4.78 is 11.9. The molecule has 0 amide bonds. The van der Waals surface area contributed by atoms with Crippen LogP contribution >= 0.6 is 11.5 Å². The summed E-state index contributed by atoms with van der Waals surface area (Å²) in [4.78, 5) is 6.97. The monoisotopic (exact) mass is 347 g/mol. The number of hydrogen-bond donors (Lipinski definition) is 0. The van der Waals surface area contributed by atoms with Crippen molar-refractivity contribution in [3.63, 3.8) is 0 Å². The molecule has 7 heteroatoms. The Hall–Kier alpha value is -1.47. The van der Waals surface area contributed by atoms with E-state index in [1.165, 1.54) is 36.4 Å². The van der Waals surface area contributed by atoms with Crippen molar-refractivity contribution in [1.29, 1.82) is 0 Å². The van der Waals surface area contributed by atoms with E-state index in [4.69, 9.17) is 4.74 Å². The highest BCUT2D eigenvalue weighted by molar-refractivity contribution is 7.09. The van der Waals surface area contributed by atoms with Crippen LogP contribution in [0.2, 0.25) is 0 Å². The van der Waals surface area contributed by atoms with Gasteiger partial charge in [0.1, 0.15) is 5.82 Å². The zero-order valence-electron chi connectivity index (χ0n) is 14.4. The summed E-state index contributed by atoms with van der Waals surface area (Å²) in [5.41, 5.74) is 1.26. The van der Waals surface area contributed by atoms with Crippen molar-refractivity contribution >= 4 is 16.7 Å². The molecule has 0 bridgehead atoms. The number of aromatic nitrogens is 4. The lowest BCUT2D eigenvalue weighted by atomic mass is 9.82. The Morgan fingerprint density at radius 2 is 2.21 bits per heavy atom. The molecule has 2 aromatic heterocycles. The molecule has 4 rings (SSSR count). The van der Waals surface area contributed by atoms with Crippen molar-refractivity contribution in [2.24, 2.45) is 5.92 Å². The lowest BCUT2D eigenvalue weighted by Gasteiger charge is -2.37. The van der Waals surface area contributed by atoms with Gasteiger partial charge in [0.05, 0.1) is 18.3 Å². The number of hydrogen-bond acceptors (Lipinski definition) is 6. The lowest BCUT2D eigenvalue weighted by molar-refractivity contribution is 0.00362. The third kappa shape index (κ3) is 3.32. The van der Waals surface area contributed by atoms with E-state index in [-0.39, 0.29) is 0 Å². The second kappa shape index (κ2) is 6.80. The summed E-state index contributed by atoms with van der Waals surface area (Å²) >= 11 is 1.50. The fourth-order valence-electron chi connectivity index (χ4n) is 3.48. The molecule has 0 aromatic carbocycles. The van der Waals surface area contributed by atoms with Gasteiger partial charge in [-0.25, -0.2) is 4.98 Å². The lowest BCUT2D eigenvalue weighted by Crippen LogP contribution is -2.39. The predicted molar refractivity (Wildman–Crippen MR) is 94.3 cm³/mol. The van der Waals surface area contributed by atoms with Gasteiger partial charge in [0, 0.05) is 43.5 Å². The fourth-order valence-corrected chi connectivity index (χ4v) is 4.17. The van der Waals surface area contributed by atoms with Crippen LogP contribution in [-0.4, -0.2) is 38.9 Å². The topological polar surface area (TPSA) is 56.1 Å². The molecule has 2 heterocycles. The van der Waals surface area contributed by atoms with E-state index in [1.807, 2.05) is 20.2 Å². The van der Waals surface area contributed by atoms with E-state index in [1.54, 1.807) is 0 Å². The third-order valence-electron chi connectivity index (χ3n) is 5.27. The second-order valence-corrected chi connectivity index (χ2v) is 7.84. The summed E-state index contributed by atoms with van der Waals surface area (Å²) in [7, 11) is 1.81. The number of methoxy groups -OCH3 is 1. The van der Waals surface area contributed by atoms with Gasteiger partial charge in [0.2, 0.25) is 5.13 Å². The molecule has 0 N–H and O–H groups in total. The summed E-state index contributed by atoms with van der Waals surface area (Å²) in [6.45, 7) is 3.83. The van der Waals surface area contributed by atoms with Crippen LogP contribution in [0.15, 0.2) is 12.4 Å². The van der Waals surface area contributed by atoms with Crippen molar-refractivity contribution in [2.75, 3.05) is 18.6 Å². The maximum Gasteiger partial charge on any atom is 0.205 e. The Labute approximate surface area is 147 Å². The number of ether oxygens (including phenoxy) is 1. The first kappa shape index (κ1) is 16.0. The van der Waals surface area contributed by atoms with Gasteiger partial charge >= 0.3 is 0 Å². The molecular weight excluding hydrogens is 322 g/mol. The number of nitrogens with zero attached hydrogens (tertiary/aromatic N) is 5. The molecule has 0 saturated heterocycles. The Balaban J connectivity index is 1.44. The minimum atomic E-state index is 0.439. The molecule has 0 aliphatic heterocycles. The first-order valence-electron chi connectivity index (χ1n) is 8.82. The fraction of sp³-hybridized carbons (Fsp3) is 0.706. The van der Waals surface area contributed by atoms with Crippen molar-refractivity contribution in [1.82, 2.24) is 19.1 Å². The molecule has 2 aromatic rings. The van der Waals surface area contributed by atoms with Crippen LogP contribution in [0.4, 0.5) is 5.13 Å². The molecule has 0 spiro atoms. The molecule has 0 unspecified atom stereocenters. The Morgan fingerprint density at radius 1 is 1.38 bits per heavy atom. The van der Waals surface area contributed by atoms with Crippen LogP contribution in [-0.2, 0) is 11.3 Å². The smallest absolute Gasteiger partial charge is 0.205 e. The Morgan fingerprint density at radius 3 is 2.83 bits per heavy atom. The summed E-state index contributed by atoms with van der Waals surface area (Å²) in [5.74, 6) is 1.54. The standard InChI is InChI=1S/C17H25N5OS/c1-12-19-17(24-20-12)21(9-13-6-16(7-13)23-2)10-14-8-18-22(11-14)15-4-3-5-15/h8,11,13,15-16H,3-7,9-10H2,1-2H3. The minimum Gasteiger partial charge on any atom is -0.381 e. The van der Waals surface area contributed by atoms with E-state index in [9.17, 15) is 0 Å². The number of anilines is 1. The van der Waals surface area contributed by atoms with Gasteiger partial charge in [-0.15, -0.1) is 0 Å². The van der Waals surface area contributed by atoms with Crippen molar-refractivity contribution < 1.29 is 4.74 Å². The first-order chi connectivity index (χ1) is 11.7. The molecule has 0 radical (unpaired) electrons. The van der Waals surface area contributed by atoms with E-state index in [0.717, 1.165) is 36.9 Å². The zero-order chi connectivity index (χ0) is 16.5. The van der Waals surface area contributed by atoms with Crippen LogP contribution < -0.4 is 4.90 Å². The first-order valence-corrected chi connectivity index (χ1v) is 9.59. The highest BCUT2D eigenvalue weighted by Crippen LogP contribution is 2.33. The highest BCUT2D eigenvalue weighted by Gasteiger charge is 2.31. The molecule has 24 heavy (non-hydrogen) atoms. The number of aryl methyl sites for hydroxylation is 1. The van der Waals surface area contributed by atoms with Gasteiger partial charge in [-0.1, -0.05) is 0 Å². The quantitative estimate of drug-likeness (QED) is 0.770. The molecular formula is C17H25N5OS. The number of rotatable bonds is 7. The molecule has 2 fully saturated rings. The van der Waals surface area contributed by atoms with E-state index < -0.39 is 0 Å². The largest absolute Gasteiger partial charge is 0.381 e. The van der Waals surface area contributed by atoms with Crippen LogP contribution in [0, 0.1) is 12.8 Å². The van der Waals surface area contributed by atoms with Gasteiger partial charge in [0.15, 0.2) is 0 Å². The van der Waals surface area contributed by atoms with Gasteiger partial charge in [-0.2, -0.15) is 9.47 Å². The molecule has 2 aliphatic rings. The summed E-state index contributed by atoms with van der Waals surface area (Å²) in [5, 5.41) is 5.58. The Kier molecular flexibility index (Phi) is 4.54. The average Bonchev–Trinajstić information content (AvgIpc) is 3.08. The van der Waals surface area contributed by atoms with E-state index in [0.29, 0.717) is 18.1 Å². The summed E-state index contributed by atoms with van der Waals surface area (Å²) in [6.07, 6.45) is 10.8. The molecule has 0 atom stereocenters. The van der Waals surface area contributed by atoms with Crippen LogP contribution in [0.5, 0.6) is 0 Å². The Bertz CT molecular complexity index is 674. The predicted octanol–water partition coefficient (Wildman–Crippen LogP) is 3.20. The van der Waals surface area contributed by atoms with Crippen LogP contribution in [0.1, 0.15) is 49.5 Å². The highest BCUT2D eigenvalue weighted by atomic mass is 32.1. The van der Waals surface area contributed by atoms with E-state index >= 15 is 0 Å². The van der Waals surface area contributed by atoms with E-state index in [2.05, 4.69) is 30.2 Å². The van der Waals surface area contributed by atoms with Gasteiger partial charge < -0.3 is 9.64 Å². The molecule has 130 valence electrons. The van der Waals surface area contributed by atoms with Gasteiger partial charge in [0.25, 0.3) is 0 Å². The average molecular weight is 347 g/mol. The van der Waals surface area contributed by atoms with Gasteiger partial charge in [-0.3, -0.25) is 4.68 Å². The normalized spacial score (nSPS) is 23.8. The molecule has 2 aliphatic carbocycles. The van der Waals surface area contributed by atoms with Gasteiger partial charge in [-0.05, 0) is 44.9 Å². The second-order valence-electron chi connectivity index (χ2n) is 7.11. The molecule has 6 nitrogen and oxygen atoms in total. The molecule has 2 saturated carbocycles. The SMILES string of the molecule is COC1CC(CN(Cc2cnn(C3CCC3)c2)c2nc(C)ns2)C1. The van der Waals surface area contributed by atoms with Crippen LogP contribution in [0.25, 0.3) is 0 Å². The zero-order valence-corrected chi connectivity index (χ0v) is 15.2. The minimum absolute atomic E-state index is 0.439.